The summed E-state index contributed by atoms with van der Waals surface area (Å²) in [6.45, 7) is 2.19. The Morgan fingerprint density at radius 3 is 2.56 bits per heavy atom. The molecular formula is C13H18N2O. The van der Waals surface area contributed by atoms with Crippen LogP contribution in [0.1, 0.15) is 34.7 Å². The smallest absolute Gasteiger partial charge is 0.248 e. The van der Waals surface area contributed by atoms with Gasteiger partial charge in [0.2, 0.25) is 5.91 Å². The number of amides is 1. The van der Waals surface area contributed by atoms with Crippen molar-refractivity contribution in [3.8, 4) is 0 Å². The van der Waals surface area contributed by atoms with Crippen molar-refractivity contribution >= 4 is 5.91 Å². The Kier molecular flexibility index (Phi) is 3.25. The number of carbonyl (C=O) groups excluding carboxylic acids is 1. The quantitative estimate of drug-likeness (QED) is 0.819. The minimum Gasteiger partial charge on any atom is -0.366 e. The zero-order valence-corrected chi connectivity index (χ0v) is 9.65. The van der Waals surface area contributed by atoms with Crippen LogP contribution in [0.2, 0.25) is 0 Å². The molecule has 0 bridgehead atoms. The molecule has 1 amide bonds. The van der Waals surface area contributed by atoms with Gasteiger partial charge in [0.15, 0.2) is 0 Å². The van der Waals surface area contributed by atoms with Crippen LogP contribution in [-0.2, 0) is 0 Å². The monoisotopic (exact) mass is 218 g/mol. The second-order valence-electron chi connectivity index (χ2n) is 4.53. The molecule has 16 heavy (non-hydrogen) atoms. The molecular weight excluding hydrogens is 200 g/mol. The number of benzene rings is 1. The van der Waals surface area contributed by atoms with Crippen LogP contribution in [-0.4, -0.2) is 30.9 Å². The van der Waals surface area contributed by atoms with Gasteiger partial charge in [-0.15, -0.1) is 0 Å². The predicted octanol–water partition coefficient (Wildman–Crippen LogP) is 1.59. The van der Waals surface area contributed by atoms with Crippen LogP contribution in [0.5, 0.6) is 0 Å². The number of primary amides is 1. The summed E-state index contributed by atoms with van der Waals surface area (Å²) < 4.78 is 0. The number of nitrogens with zero attached hydrogens (tertiary/aromatic N) is 1. The molecule has 1 saturated heterocycles. The minimum atomic E-state index is -0.311. The largest absolute Gasteiger partial charge is 0.366 e. The second kappa shape index (κ2) is 4.66. The lowest BCUT2D eigenvalue weighted by Gasteiger charge is -2.29. The van der Waals surface area contributed by atoms with Crippen LogP contribution in [0.25, 0.3) is 0 Å². The normalized spacial score (nSPS) is 18.6. The van der Waals surface area contributed by atoms with E-state index < -0.39 is 0 Å². The molecule has 1 aromatic carbocycles. The number of hydrogen-bond donors (Lipinski definition) is 1. The van der Waals surface area contributed by atoms with Gasteiger partial charge in [-0.25, -0.2) is 0 Å². The summed E-state index contributed by atoms with van der Waals surface area (Å²) in [5.74, 6) is 0.175. The first-order valence-corrected chi connectivity index (χ1v) is 5.75. The maximum absolute atomic E-state index is 11.3. The summed E-state index contributed by atoms with van der Waals surface area (Å²) in [6.07, 6.45) is 2.22. The molecule has 1 aliphatic heterocycles. The molecule has 0 unspecified atom stereocenters. The van der Waals surface area contributed by atoms with Crippen molar-refractivity contribution in [3.63, 3.8) is 0 Å². The lowest BCUT2D eigenvalue weighted by Crippen LogP contribution is -2.30. The van der Waals surface area contributed by atoms with E-state index in [1.807, 2.05) is 24.3 Å². The number of rotatable bonds is 2. The zero-order chi connectivity index (χ0) is 11.5. The van der Waals surface area contributed by atoms with E-state index in [-0.39, 0.29) is 5.91 Å². The first-order valence-electron chi connectivity index (χ1n) is 5.75. The van der Waals surface area contributed by atoms with E-state index in [9.17, 15) is 4.79 Å². The molecule has 1 aliphatic rings. The number of likely N-dealkylation sites (tertiary alicyclic amines) is 1. The molecule has 3 heteroatoms. The first kappa shape index (κ1) is 11.1. The zero-order valence-electron chi connectivity index (χ0n) is 9.65. The van der Waals surface area contributed by atoms with Crippen molar-refractivity contribution in [2.75, 3.05) is 20.1 Å². The Hall–Kier alpha value is -1.35. The van der Waals surface area contributed by atoms with E-state index in [1.165, 1.54) is 0 Å². The molecule has 0 radical (unpaired) electrons. The third-order valence-electron chi connectivity index (χ3n) is 3.38. The minimum absolute atomic E-state index is 0.311. The molecule has 1 aromatic rings. The van der Waals surface area contributed by atoms with E-state index >= 15 is 0 Å². The third kappa shape index (κ3) is 2.25. The number of piperidine rings is 1. The molecule has 0 saturated carbocycles. The van der Waals surface area contributed by atoms with Crippen LogP contribution in [0.3, 0.4) is 0 Å². The molecule has 3 nitrogen and oxygen atoms in total. The van der Waals surface area contributed by atoms with E-state index in [1.54, 1.807) is 0 Å². The Balaban J connectivity index is 2.23. The van der Waals surface area contributed by atoms with Crippen LogP contribution >= 0.6 is 0 Å². The highest BCUT2D eigenvalue weighted by Gasteiger charge is 2.21. The summed E-state index contributed by atoms with van der Waals surface area (Å²) in [7, 11) is 2.14. The number of nitrogens with two attached hydrogens (primary N) is 1. The Morgan fingerprint density at radius 1 is 1.31 bits per heavy atom. The van der Waals surface area contributed by atoms with Crippen molar-refractivity contribution in [2.45, 2.75) is 18.8 Å². The SMILES string of the molecule is CN1CCC(c2ccccc2C(N)=O)CC1. The molecule has 2 N–H and O–H groups in total. The van der Waals surface area contributed by atoms with Gasteiger partial charge in [-0.05, 0) is 50.5 Å². The molecule has 1 fully saturated rings. The fourth-order valence-electron chi connectivity index (χ4n) is 2.40. The maximum Gasteiger partial charge on any atom is 0.248 e. The highest BCUT2D eigenvalue weighted by molar-refractivity contribution is 5.94. The fourth-order valence-corrected chi connectivity index (χ4v) is 2.40. The lowest BCUT2D eigenvalue weighted by molar-refractivity contribution is 0.0998. The van der Waals surface area contributed by atoms with Crippen molar-refractivity contribution in [2.24, 2.45) is 5.73 Å². The van der Waals surface area contributed by atoms with Gasteiger partial charge >= 0.3 is 0 Å². The lowest BCUT2D eigenvalue weighted by atomic mass is 9.86. The van der Waals surface area contributed by atoms with E-state index in [2.05, 4.69) is 11.9 Å². The van der Waals surface area contributed by atoms with Crippen molar-refractivity contribution in [1.82, 2.24) is 4.90 Å². The van der Waals surface area contributed by atoms with Gasteiger partial charge in [-0.3, -0.25) is 4.79 Å². The van der Waals surface area contributed by atoms with Crippen LogP contribution in [0.15, 0.2) is 24.3 Å². The molecule has 1 heterocycles. The third-order valence-corrected chi connectivity index (χ3v) is 3.38. The van der Waals surface area contributed by atoms with Gasteiger partial charge < -0.3 is 10.6 Å². The standard InChI is InChI=1S/C13H18N2O/c1-15-8-6-10(7-9-15)11-4-2-3-5-12(11)13(14)16/h2-5,10H,6-9H2,1H3,(H2,14,16). The summed E-state index contributed by atoms with van der Waals surface area (Å²) in [6, 6.07) is 7.73. The molecule has 0 aliphatic carbocycles. The number of carbonyl (C=O) groups is 1. The fraction of sp³-hybridized carbons (Fsp3) is 0.462. The molecule has 0 spiro atoms. The van der Waals surface area contributed by atoms with Crippen molar-refractivity contribution in [1.29, 1.82) is 0 Å². The first-order chi connectivity index (χ1) is 7.68. The summed E-state index contributed by atoms with van der Waals surface area (Å²) >= 11 is 0. The van der Waals surface area contributed by atoms with E-state index in [0.29, 0.717) is 11.5 Å². The van der Waals surface area contributed by atoms with Gasteiger partial charge in [-0.2, -0.15) is 0 Å². The van der Waals surface area contributed by atoms with Gasteiger partial charge in [0.25, 0.3) is 0 Å². The Morgan fingerprint density at radius 2 is 1.94 bits per heavy atom. The number of hydrogen-bond acceptors (Lipinski definition) is 2. The summed E-state index contributed by atoms with van der Waals surface area (Å²) in [4.78, 5) is 13.7. The van der Waals surface area contributed by atoms with Crippen molar-refractivity contribution < 1.29 is 4.79 Å². The summed E-state index contributed by atoms with van der Waals surface area (Å²) in [5.41, 5.74) is 7.22. The topological polar surface area (TPSA) is 46.3 Å². The van der Waals surface area contributed by atoms with Gasteiger partial charge in [0, 0.05) is 5.56 Å². The second-order valence-corrected chi connectivity index (χ2v) is 4.53. The average Bonchev–Trinajstić information content (AvgIpc) is 2.30. The van der Waals surface area contributed by atoms with Crippen LogP contribution < -0.4 is 5.73 Å². The van der Waals surface area contributed by atoms with Gasteiger partial charge in [-0.1, -0.05) is 18.2 Å². The highest BCUT2D eigenvalue weighted by Crippen LogP contribution is 2.29. The van der Waals surface area contributed by atoms with E-state index in [0.717, 1.165) is 31.5 Å². The van der Waals surface area contributed by atoms with E-state index in [4.69, 9.17) is 5.73 Å². The summed E-state index contributed by atoms with van der Waals surface area (Å²) in [5, 5.41) is 0. The van der Waals surface area contributed by atoms with Gasteiger partial charge in [0.05, 0.1) is 0 Å². The molecule has 0 atom stereocenters. The Bertz CT molecular complexity index is 381. The average molecular weight is 218 g/mol. The molecule has 2 rings (SSSR count). The predicted molar refractivity (Wildman–Crippen MR) is 64.4 cm³/mol. The molecule has 0 aromatic heterocycles. The molecule has 86 valence electrons. The van der Waals surface area contributed by atoms with Gasteiger partial charge in [0.1, 0.15) is 0 Å². The van der Waals surface area contributed by atoms with Crippen LogP contribution in [0, 0.1) is 0 Å². The Labute approximate surface area is 96.2 Å². The van der Waals surface area contributed by atoms with Crippen LogP contribution in [0.4, 0.5) is 0 Å². The highest BCUT2D eigenvalue weighted by atomic mass is 16.1. The maximum atomic E-state index is 11.3. The van der Waals surface area contributed by atoms with Crippen molar-refractivity contribution in [3.05, 3.63) is 35.4 Å².